The lowest BCUT2D eigenvalue weighted by atomic mass is 10.3. The van der Waals surface area contributed by atoms with Gasteiger partial charge in [-0.3, -0.25) is 9.78 Å². The second-order valence-electron chi connectivity index (χ2n) is 4.47. The van der Waals surface area contributed by atoms with Crippen LogP contribution in [0.5, 0.6) is 0 Å². The van der Waals surface area contributed by atoms with Crippen molar-refractivity contribution in [1.29, 1.82) is 5.26 Å². The van der Waals surface area contributed by atoms with Crippen LogP contribution in [0.25, 0.3) is 0 Å². The van der Waals surface area contributed by atoms with Crippen LogP contribution < -0.4 is 16.2 Å². The molecule has 90 valence electrons. The maximum Gasteiger partial charge on any atom is 0.272 e. The number of nitrogens with zero attached hydrogens (tertiary/aromatic N) is 2. The molecule has 0 saturated heterocycles. The number of nitrogens with one attached hydrogen (secondary N) is 3. The smallest absolute Gasteiger partial charge is 0.272 e. The average Bonchev–Trinajstić information content (AvgIpc) is 3.00. The molecule has 0 radical (unpaired) electrons. The van der Waals surface area contributed by atoms with E-state index >= 15 is 0 Å². The van der Waals surface area contributed by atoms with Crippen molar-refractivity contribution < 1.29 is 0 Å². The Morgan fingerprint density at radius 2 is 2.24 bits per heavy atom. The van der Waals surface area contributed by atoms with Gasteiger partial charge in [-0.1, -0.05) is 0 Å². The van der Waals surface area contributed by atoms with Crippen molar-refractivity contribution in [3.63, 3.8) is 0 Å². The standard InChI is InChI=1S/C11H15N5O/c1-6(2)13-11-15-9(14-7-3-4-7)8(5-12)10(17)16-11/h6-7H,3-4H2,1-2H3,(H3,13,14,15,16,17). The summed E-state index contributed by atoms with van der Waals surface area (Å²) in [7, 11) is 0. The van der Waals surface area contributed by atoms with Crippen LogP contribution in [0, 0.1) is 11.3 Å². The monoisotopic (exact) mass is 233 g/mol. The first-order valence-electron chi connectivity index (χ1n) is 5.67. The van der Waals surface area contributed by atoms with E-state index in [0.29, 0.717) is 17.8 Å². The Kier molecular flexibility index (Phi) is 3.00. The Morgan fingerprint density at radius 1 is 1.53 bits per heavy atom. The van der Waals surface area contributed by atoms with Crippen LogP contribution in [0.2, 0.25) is 0 Å². The number of hydrogen-bond acceptors (Lipinski definition) is 5. The van der Waals surface area contributed by atoms with Crippen LogP contribution >= 0.6 is 0 Å². The second-order valence-corrected chi connectivity index (χ2v) is 4.47. The molecule has 17 heavy (non-hydrogen) atoms. The van der Waals surface area contributed by atoms with Gasteiger partial charge in [-0.15, -0.1) is 0 Å². The lowest BCUT2D eigenvalue weighted by Gasteiger charge is -2.11. The van der Waals surface area contributed by atoms with Gasteiger partial charge in [0.15, 0.2) is 11.4 Å². The first-order chi connectivity index (χ1) is 8.10. The highest BCUT2D eigenvalue weighted by atomic mass is 16.1. The highest BCUT2D eigenvalue weighted by Crippen LogP contribution is 2.24. The molecule has 0 bridgehead atoms. The molecule has 0 spiro atoms. The maximum atomic E-state index is 11.7. The van der Waals surface area contributed by atoms with E-state index in [9.17, 15) is 4.79 Å². The van der Waals surface area contributed by atoms with Gasteiger partial charge in [0.2, 0.25) is 5.95 Å². The Balaban J connectivity index is 2.35. The summed E-state index contributed by atoms with van der Waals surface area (Å²) in [5.41, 5.74) is -0.361. The number of aromatic nitrogens is 2. The minimum Gasteiger partial charge on any atom is -0.366 e. The fourth-order valence-corrected chi connectivity index (χ4v) is 1.44. The van der Waals surface area contributed by atoms with Gasteiger partial charge >= 0.3 is 0 Å². The van der Waals surface area contributed by atoms with Crippen molar-refractivity contribution in [2.75, 3.05) is 10.6 Å². The van der Waals surface area contributed by atoms with E-state index in [1.807, 2.05) is 19.9 Å². The molecule has 2 rings (SSSR count). The molecule has 3 N–H and O–H groups in total. The third-order valence-electron chi connectivity index (χ3n) is 2.37. The summed E-state index contributed by atoms with van der Waals surface area (Å²) in [4.78, 5) is 18.5. The number of anilines is 2. The summed E-state index contributed by atoms with van der Waals surface area (Å²) < 4.78 is 0. The lowest BCUT2D eigenvalue weighted by molar-refractivity contribution is 0.869. The molecule has 0 aliphatic heterocycles. The van der Waals surface area contributed by atoms with E-state index in [0.717, 1.165) is 12.8 Å². The summed E-state index contributed by atoms with van der Waals surface area (Å²) in [5, 5.41) is 15.0. The Hall–Kier alpha value is -2.03. The van der Waals surface area contributed by atoms with Crippen LogP contribution in [-0.4, -0.2) is 22.1 Å². The zero-order valence-corrected chi connectivity index (χ0v) is 9.87. The summed E-state index contributed by atoms with van der Waals surface area (Å²) in [5.74, 6) is 0.772. The van der Waals surface area contributed by atoms with E-state index in [2.05, 4.69) is 20.6 Å². The molecule has 1 aromatic rings. The molecular formula is C11H15N5O. The summed E-state index contributed by atoms with van der Waals surface area (Å²) in [6, 6.07) is 2.40. The van der Waals surface area contributed by atoms with E-state index < -0.39 is 5.56 Å². The number of rotatable bonds is 4. The van der Waals surface area contributed by atoms with Gasteiger partial charge < -0.3 is 10.6 Å². The molecular weight excluding hydrogens is 218 g/mol. The molecule has 0 aromatic carbocycles. The van der Waals surface area contributed by atoms with Crippen LogP contribution in [0.15, 0.2) is 4.79 Å². The van der Waals surface area contributed by atoms with Crippen molar-refractivity contribution in [3.8, 4) is 6.07 Å². The molecule has 1 saturated carbocycles. The lowest BCUT2D eigenvalue weighted by Crippen LogP contribution is -2.22. The largest absolute Gasteiger partial charge is 0.366 e. The number of H-pyrrole nitrogens is 1. The van der Waals surface area contributed by atoms with Gasteiger partial charge in [0.1, 0.15) is 6.07 Å². The average molecular weight is 233 g/mol. The Morgan fingerprint density at radius 3 is 2.76 bits per heavy atom. The molecule has 6 nitrogen and oxygen atoms in total. The molecule has 1 aliphatic carbocycles. The molecule has 1 fully saturated rings. The van der Waals surface area contributed by atoms with Crippen molar-refractivity contribution in [2.24, 2.45) is 0 Å². The van der Waals surface area contributed by atoms with Gasteiger partial charge in [0, 0.05) is 12.1 Å². The third kappa shape index (κ3) is 2.75. The molecule has 1 heterocycles. The maximum absolute atomic E-state index is 11.7. The molecule has 1 aromatic heterocycles. The Labute approximate surface area is 99.1 Å². The fourth-order valence-electron chi connectivity index (χ4n) is 1.44. The number of hydrogen-bond donors (Lipinski definition) is 3. The van der Waals surface area contributed by atoms with Crippen LogP contribution in [0.4, 0.5) is 11.8 Å². The first-order valence-corrected chi connectivity index (χ1v) is 5.67. The summed E-state index contributed by atoms with van der Waals surface area (Å²) in [6.45, 7) is 3.90. The second kappa shape index (κ2) is 4.45. The quantitative estimate of drug-likeness (QED) is 0.722. The van der Waals surface area contributed by atoms with Gasteiger partial charge in [-0.05, 0) is 26.7 Å². The molecule has 0 unspecified atom stereocenters. The topological polar surface area (TPSA) is 93.6 Å². The van der Waals surface area contributed by atoms with Crippen molar-refractivity contribution in [1.82, 2.24) is 9.97 Å². The van der Waals surface area contributed by atoms with E-state index in [1.165, 1.54) is 0 Å². The molecule has 6 heteroatoms. The van der Waals surface area contributed by atoms with Gasteiger partial charge in [-0.25, -0.2) is 0 Å². The van der Waals surface area contributed by atoms with Crippen LogP contribution in [0.3, 0.4) is 0 Å². The van der Waals surface area contributed by atoms with Gasteiger partial charge in [-0.2, -0.15) is 10.2 Å². The van der Waals surface area contributed by atoms with Crippen molar-refractivity contribution in [3.05, 3.63) is 15.9 Å². The SMILES string of the molecule is CC(C)Nc1nc(NC2CC2)c(C#N)c(=O)[nH]1. The fraction of sp³-hybridized carbons (Fsp3) is 0.545. The third-order valence-corrected chi connectivity index (χ3v) is 2.37. The predicted octanol–water partition coefficient (Wildman–Crippen LogP) is 1.04. The zero-order chi connectivity index (χ0) is 12.4. The number of aromatic amines is 1. The van der Waals surface area contributed by atoms with Gasteiger partial charge in [0.05, 0.1) is 0 Å². The molecule has 1 aliphatic rings. The number of nitriles is 1. The highest BCUT2D eigenvalue weighted by molar-refractivity contribution is 5.54. The van der Waals surface area contributed by atoms with Crippen molar-refractivity contribution in [2.45, 2.75) is 38.8 Å². The molecule has 0 amide bonds. The zero-order valence-electron chi connectivity index (χ0n) is 9.87. The molecule has 0 atom stereocenters. The van der Waals surface area contributed by atoms with Crippen molar-refractivity contribution >= 4 is 11.8 Å². The van der Waals surface area contributed by atoms with Crippen LogP contribution in [0.1, 0.15) is 32.3 Å². The Bertz CT molecular complexity index is 510. The van der Waals surface area contributed by atoms with Gasteiger partial charge in [0.25, 0.3) is 5.56 Å². The normalized spacial score (nSPS) is 14.5. The minimum absolute atomic E-state index is 0.0474. The van der Waals surface area contributed by atoms with E-state index in [4.69, 9.17) is 5.26 Å². The minimum atomic E-state index is -0.409. The van der Waals surface area contributed by atoms with Crippen LogP contribution in [-0.2, 0) is 0 Å². The summed E-state index contributed by atoms with van der Waals surface area (Å²) in [6.07, 6.45) is 2.12. The van der Waals surface area contributed by atoms with E-state index in [1.54, 1.807) is 0 Å². The van der Waals surface area contributed by atoms with E-state index in [-0.39, 0.29) is 11.6 Å². The highest BCUT2D eigenvalue weighted by Gasteiger charge is 2.24. The summed E-state index contributed by atoms with van der Waals surface area (Å²) >= 11 is 0. The first kappa shape index (κ1) is 11.5. The predicted molar refractivity (Wildman–Crippen MR) is 65.0 cm³/mol.